The van der Waals surface area contributed by atoms with Gasteiger partial charge in [0, 0.05) is 35.0 Å². The highest BCUT2D eigenvalue weighted by molar-refractivity contribution is 5.95. The average molecular weight is 412 g/mol. The molecule has 3 heterocycles. The van der Waals surface area contributed by atoms with Crippen molar-refractivity contribution in [3.63, 3.8) is 0 Å². The molecule has 0 aliphatic rings. The number of hydrogen-bond donors (Lipinski definition) is 0. The predicted molar refractivity (Wildman–Crippen MR) is 120 cm³/mol. The molecule has 0 aliphatic carbocycles. The topological polar surface area (TPSA) is 66.6 Å². The number of pyridine rings is 2. The van der Waals surface area contributed by atoms with Gasteiger partial charge in [-0.1, -0.05) is 12.1 Å². The van der Waals surface area contributed by atoms with Crippen LogP contribution in [0.25, 0.3) is 44.5 Å². The Kier molecular flexibility index (Phi) is 4.67. The lowest BCUT2D eigenvalue weighted by Crippen LogP contribution is -1.95. The SMILES string of the molecule is COc1cc(-c2cc3nccc(-c4ccc5ncccc5c4)c3o2)cc(OC)c1OC. The molecule has 2 aromatic carbocycles. The van der Waals surface area contributed by atoms with E-state index < -0.39 is 0 Å². The monoisotopic (exact) mass is 412 g/mol. The van der Waals surface area contributed by atoms with Crippen molar-refractivity contribution in [1.82, 2.24) is 9.97 Å². The zero-order valence-corrected chi connectivity index (χ0v) is 17.4. The van der Waals surface area contributed by atoms with Crippen molar-refractivity contribution >= 4 is 22.0 Å². The second-order valence-electron chi connectivity index (χ2n) is 7.01. The van der Waals surface area contributed by atoms with Gasteiger partial charge in [0.05, 0.1) is 26.8 Å². The van der Waals surface area contributed by atoms with E-state index in [1.165, 1.54) is 0 Å². The van der Waals surface area contributed by atoms with Gasteiger partial charge in [0.25, 0.3) is 0 Å². The first-order valence-electron chi connectivity index (χ1n) is 9.76. The van der Waals surface area contributed by atoms with Crippen LogP contribution in [0, 0.1) is 0 Å². The predicted octanol–water partition coefficient (Wildman–Crippen LogP) is 5.74. The molecular weight excluding hydrogens is 392 g/mol. The highest BCUT2D eigenvalue weighted by Gasteiger charge is 2.18. The molecule has 0 radical (unpaired) electrons. The molecule has 0 atom stereocenters. The quantitative estimate of drug-likeness (QED) is 0.367. The molecule has 154 valence electrons. The van der Waals surface area contributed by atoms with Crippen molar-refractivity contribution in [2.24, 2.45) is 0 Å². The molecule has 6 nitrogen and oxygen atoms in total. The second-order valence-corrected chi connectivity index (χ2v) is 7.01. The van der Waals surface area contributed by atoms with E-state index in [1.807, 2.05) is 48.5 Å². The summed E-state index contributed by atoms with van der Waals surface area (Å²) in [7, 11) is 4.76. The van der Waals surface area contributed by atoms with Crippen molar-refractivity contribution in [3.8, 4) is 39.7 Å². The summed E-state index contributed by atoms with van der Waals surface area (Å²) in [6, 6.07) is 17.8. The summed E-state index contributed by atoms with van der Waals surface area (Å²) in [6.45, 7) is 0. The van der Waals surface area contributed by atoms with Gasteiger partial charge < -0.3 is 18.6 Å². The maximum atomic E-state index is 6.29. The van der Waals surface area contributed by atoms with E-state index >= 15 is 0 Å². The standard InChI is InChI=1S/C25H20N2O4/c1-28-22-12-17(13-23(29-2)25(22)30-3)21-14-20-24(31-21)18(8-10-27-20)15-6-7-19-16(11-15)5-4-9-26-19/h4-14H,1-3H3. The number of rotatable bonds is 5. The van der Waals surface area contributed by atoms with E-state index in [2.05, 4.69) is 16.0 Å². The first-order valence-corrected chi connectivity index (χ1v) is 9.76. The lowest BCUT2D eigenvalue weighted by atomic mass is 10.0. The smallest absolute Gasteiger partial charge is 0.203 e. The summed E-state index contributed by atoms with van der Waals surface area (Å²) in [5, 5.41) is 1.07. The first kappa shape index (κ1) is 18.9. The molecule has 0 N–H and O–H groups in total. The number of furan rings is 1. The van der Waals surface area contributed by atoms with Crippen molar-refractivity contribution in [2.75, 3.05) is 21.3 Å². The summed E-state index contributed by atoms with van der Waals surface area (Å²) in [5.41, 5.74) is 5.26. The van der Waals surface area contributed by atoms with E-state index in [-0.39, 0.29) is 0 Å². The van der Waals surface area contributed by atoms with Gasteiger partial charge >= 0.3 is 0 Å². The van der Waals surface area contributed by atoms with E-state index in [4.69, 9.17) is 18.6 Å². The van der Waals surface area contributed by atoms with Crippen molar-refractivity contribution in [2.45, 2.75) is 0 Å². The summed E-state index contributed by atoms with van der Waals surface area (Å²) in [4.78, 5) is 8.90. The summed E-state index contributed by atoms with van der Waals surface area (Å²) in [5.74, 6) is 2.32. The van der Waals surface area contributed by atoms with Crippen molar-refractivity contribution < 1.29 is 18.6 Å². The minimum absolute atomic E-state index is 0.536. The molecule has 0 saturated carbocycles. The van der Waals surface area contributed by atoms with Crippen LogP contribution in [-0.2, 0) is 0 Å². The van der Waals surface area contributed by atoms with Gasteiger partial charge in [0.15, 0.2) is 17.1 Å². The third-order valence-electron chi connectivity index (χ3n) is 5.28. The van der Waals surface area contributed by atoms with Crippen LogP contribution in [0.15, 0.2) is 71.4 Å². The maximum Gasteiger partial charge on any atom is 0.203 e. The Hall–Kier alpha value is -4.06. The summed E-state index contributed by atoms with van der Waals surface area (Å²) in [6.07, 6.45) is 3.59. The van der Waals surface area contributed by atoms with Crippen molar-refractivity contribution in [1.29, 1.82) is 0 Å². The molecule has 0 bridgehead atoms. The Morgan fingerprint density at radius 2 is 1.48 bits per heavy atom. The van der Waals surface area contributed by atoms with Gasteiger partial charge in [-0.3, -0.25) is 9.97 Å². The van der Waals surface area contributed by atoms with Crippen LogP contribution >= 0.6 is 0 Å². The van der Waals surface area contributed by atoms with Gasteiger partial charge in [0.2, 0.25) is 5.75 Å². The fraction of sp³-hybridized carbons (Fsp3) is 0.120. The molecule has 0 unspecified atom stereocenters. The summed E-state index contributed by atoms with van der Waals surface area (Å²) >= 11 is 0. The van der Waals surface area contributed by atoms with Crippen LogP contribution in [0.5, 0.6) is 17.2 Å². The molecule has 0 amide bonds. The molecule has 6 heteroatoms. The van der Waals surface area contributed by atoms with E-state index in [9.17, 15) is 0 Å². The van der Waals surface area contributed by atoms with Crippen LogP contribution in [0.3, 0.4) is 0 Å². The molecule has 5 aromatic rings. The van der Waals surface area contributed by atoms with Crippen LogP contribution in [-0.4, -0.2) is 31.3 Å². The highest BCUT2D eigenvalue weighted by Crippen LogP contribution is 2.42. The molecule has 5 rings (SSSR count). The number of hydrogen-bond acceptors (Lipinski definition) is 6. The summed E-state index contributed by atoms with van der Waals surface area (Å²) < 4.78 is 22.7. The molecule has 0 fully saturated rings. The zero-order chi connectivity index (χ0) is 21.4. The minimum atomic E-state index is 0.536. The van der Waals surface area contributed by atoms with Crippen molar-refractivity contribution in [3.05, 3.63) is 67.0 Å². The van der Waals surface area contributed by atoms with Gasteiger partial charge in [-0.25, -0.2) is 0 Å². The Balaban J connectivity index is 1.66. The van der Waals surface area contributed by atoms with Gasteiger partial charge in [-0.05, 0) is 42.0 Å². The molecule has 0 saturated heterocycles. The Morgan fingerprint density at radius 3 is 2.23 bits per heavy atom. The fourth-order valence-electron chi connectivity index (χ4n) is 3.77. The molecule has 3 aromatic heterocycles. The van der Waals surface area contributed by atoms with Crippen LogP contribution in [0.1, 0.15) is 0 Å². The molecular formula is C25H20N2O4. The first-order chi connectivity index (χ1) is 15.2. The Morgan fingerprint density at radius 1 is 0.710 bits per heavy atom. The third-order valence-corrected chi connectivity index (χ3v) is 5.28. The lowest BCUT2D eigenvalue weighted by molar-refractivity contribution is 0.324. The number of benzene rings is 2. The minimum Gasteiger partial charge on any atom is -0.493 e. The fourth-order valence-corrected chi connectivity index (χ4v) is 3.77. The second kappa shape index (κ2) is 7.65. The molecule has 31 heavy (non-hydrogen) atoms. The van der Waals surface area contributed by atoms with E-state index in [1.54, 1.807) is 33.7 Å². The number of methoxy groups -OCH3 is 3. The van der Waals surface area contributed by atoms with E-state index in [0.717, 1.165) is 38.7 Å². The van der Waals surface area contributed by atoms with Gasteiger partial charge in [0.1, 0.15) is 11.3 Å². The maximum absolute atomic E-state index is 6.29. The molecule has 0 spiro atoms. The van der Waals surface area contributed by atoms with E-state index in [0.29, 0.717) is 23.0 Å². The molecule has 0 aliphatic heterocycles. The third kappa shape index (κ3) is 3.22. The van der Waals surface area contributed by atoms with Crippen LogP contribution < -0.4 is 14.2 Å². The normalized spacial score (nSPS) is 11.1. The Bertz CT molecular complexity index is 1380. The Labute approximate surface area is 179 Å². The van der Waals surface area contributed by atoms with Gasteiger partial charge in [-0.2, -0.15) is 0 Å². The number of ether oxygens (including phenoxy) is 3. The number of fused-ring (bicyclic) bond motifs is 2. The van der Waals surface area contributed by atoms with Gasteiger partial charge in [-0.15, -0.1) is 0 Å². The largest absolute Gasteiger partial charge is 0.493 e. The van der Waals surface area contributed by atoms with Crippen LogP contribution in [0.4, 0.5) is 0 Å². The number of nitrogens with zero attached hydrogens (tertiary/aromatic N) is 2. The zero-order valence-electron chi connectivity index (χ0n) is 17.4. The lowest BCUT2D eigenvalue weighted by Gasteiger charge is -2.13. The van der Waals surface area contributed by atoms with Crippen LogP contribution in [0.2, 0.25) is 0 Å². The highest BCUT2D eigenvalue weighted by atomic mass is 16.5. The average Bonchev–Trinajstić information content (AvgIpc) is 3.27. The number of aromatic nitrogens is 2.